The highest BCUT2D eigenvalue weighted by Gasteiger charge is 2.30. The Morgan fingerprint density at radius 1 is 1.04 bits per heavy atom. The lowest BCUT2D eigenvalue weighted by molar-refractivity contribution is -0.274. The van der Waals surface area contributed by atoms with Crippen LogP contribution in [0, 0.1) is 11.8 Å². The van der Waals surface area contributed by atoms with Crippen molar-refractivity contribution in [1.82, 2.24) is 0 Å². The maximum Gasteiger partial charge on any atom is 0.573 e. The maximum absolute atomic E-state index is 12.1. The highest BCUT2D eigenvalue weighted by molar-refractivity contribution is 5.27. The second kappa shape index (κ2) is 9.88. The lowest BCUT2D eigenvalue weighted by Crippen LogP contribution is -2.17. The van der Waals surface area contributed by atoms with E-state index in [1.807, 2.05) is 0 Å². The van der Waals surface area contributed by atoms with Gasteiger partial charge >= 0.3 is 6.36 Å². The predicted molar refractivity (Wildman–Crippen MR) is 95.6 cm³/mol. The molecule has 0 spiro atoms. The number of alkyl halides is 3. The molecule has 4 heteroatoms. The molecule has 1 fully saturated rings. The van der Waals surface area contributed by atoms with E-state index < -0.39 is 6.36 Å². The van der Waals surface area contributed by atoms with Gasteiger partial charge in [-0.05, 0) is 74.5 Å². The molecule has 25 heavy (non-hydrogen) atoms. The molecule has 0 bridgehead atoms. The summed E-state index contributed by atoms with van der Waals surface area (Å²) in [5.74, 6) is 1.49. The second-order valence-corrected chi connectivity index (χ2v) is 7.05. The number of ether oxygens (including phenoxy) is 1. The highest BCUT2D eigenvalue weighted by atomic mass is 19.4. The quantitative estimate of drug-likeness (QED) is 0.358. The maximum atomic E-state index is 12.1. The van der Waals surface area contributed by atoms with Crippen molar-refractivity contribution in [2.24, 2.45) is 11.8 Å². The normalized spacial score (nSPS) is 21.6. The van der Waals surface area contributed by atoms with E-state index >= 15 is 0 Å². The minimum absolute atomic E-state index is 0.148. The molecule has 0 saturated heterocycles. The molecular formula is C21H29F3O. The van der Waals surface area contributed by atoms with Gasteiger partial charge in [0.25, 0.3) is 0 Å². The van der Waals surface area contributed by atoms with Crippen LogP contribution in [0.1, 0.15) is 63.9 Å². The number of benzene rings is 1. The van der Waals surface area contributed by atoms with Gasteiger partial charge in [0, 0.05) is 0 Å². The van der Waals surface area contributed by atoms with Crippen molar-refractivity contribution in [2.75, 3.05) is 0 Å². The van der Waals surface area contributed by atoms with Crippen LogP contribution in [0.4, 0.5) is 13.2 Å². The number of halogens is 3. The molecule has 0 radical (unpaired) electrons. The summed E-state index contributed by atoms with van der Waals surface area (Å²) in [4.78, 5) is 0. The summed E-state index contributed by atoms with van der Waals surface area (Å²) in [6.45, 7) is 2.18. The first-order chi connectivity index (χ1) is 12.0. The van der Waals surface area contributed by atoms with Crippen molar-refractivity contribution in [3.05, 3.63) is 42.0 Å². The zero-order chi connectivity index (χ0) is 18.1. The fourth-order valence-electron chi connectivity index (χ4n) is 3.62. The Hall–Kier alpha value is -1.45. The summed E-state index contributed by atoms with van der Waals surface area (Å²) in [6, 6.07) is 6.25. The summed E-state index contributed by atoms with van der Waals surface area (Å²) in [5, 5.41) is 0. The van der Waals surface area contributed by atoms with Gasteiger partial charge in [-0.15, -0.1) is 13.2 Å². The van der Waals surface area contributed by atoms with Gasteiger partial charge in [0.05, 0.1) is 0 Å². The third-order valence-electron chi connectivity index (χ3n) is 5.02. The van der Waals surface area contributed by atoms with Crippen molar-refractivity contribution in [3.8, 4) is 5.75 Å². The molecule has 0 amide bonds. The van der Waals surface area contributed by atoms with Crippen LogP contribution in [0.25, 0.3) is 0 Å². The van der Waals surface area contributed by atoms with Gasteiger partial charge in [-0.1, -0.05) is 44.1 Å². The Balaban J connectivity index is 1.61. The van der Waals surface area contributed by atoms with E-state index in [1.165, 1.54) is 50.7 Å². The lowest BCUT2D eigenvalue weighted by atomic mass is 9.79. The highest BCUT2D eigenvalue weighted by Crippen LogP contribution is 2.32. The molecule has 0 atom stereocenters. The number of aryl methyl sites for hydroxylation is 1. The topological polar surface area (TPSA) is 9.23 Å². The van der Waals surface area contributed by atoms with E-state index in [1.54, 1.807) is 12.1 Å². The number of allylic oxidation sites excluding steroid dienone is 2. The molecule has 140 valence electrons. The third-order valence-corrected chi connectivity index (χ3v) is 5.02. The molecule has 1 aromatic rings. The summed E-state index contributed by atoms with van der Waals surface area (Å²) < 4.78 is 40.3. The van der Waals surface area contributed by atoms with Crippen LogP contribution < -0.4 is 4.74 Å². The fourth-order valence-corrected chi connectivity index (χ4v) is 3.62. The Morgan fingerprint density at radius 3 is 2.32 bits per heavy atom. The van der Waals surface area contributed by atoms with Crippen LogP contribution in [0.15, 0.2) is 36.4 Å². The van der Waals surface area contributed by atoms with Crippen molar-refractivity contribution in [1.29, 1.82) is 0 Å². The average Bonchev–Trinajstić information content (AvgIpc) is 2.58. The van der Waals surface area contributed by atoms with Crippen LogP contribution in [0.2, 0.25) is 0 Å². The van der Waals surface area contributed by atoms with Crippen molar-refractivity contribution in [3.63, 3.8) is 0 Å². The summed E-state index contributed by atoms with van der Waals surface area (Å²) in [5.41, 5.74) is 1.07. The number of hydrogen-bond donors (Lipinski definition) is 0. The summed E-state index contributed by atoms with van der Waals surface area (Å²) in [6.07, 6.45) is 11.0. The third kappa shape index (κ3) is 7.98. The monoisotopic (exact) mass is 354 g/mol. The summed E-state index contributed by atoms with van der Waals surface area (Å²) in [7, 11) is 0. The molecule has 0 aromatic heterocycles. The van der Waals surface area contributed by atoms with Crippen LogP contribution in [-0.2, 0) is 6.42 Å². The smallest absolute Gasteiger partial charge is 0.406 e. The van der Waals surface area contributed by atoms with Gasteiger partial charge in [-0.3, -0.25) is 0 Å². The van der Waals surface area contributed by atoms with Gasteiger partial charge in [0.15, 0.2) is 0 Å². The Morgan fingerprint density at radius 2 is 1.72 bits per heavy atom. The van der Waals surface area contributed by atoms with Crippen LogP contribution in [0.3, 0.4) is 0 Å². The molecule has 0 aliphatic heterocycles. The predicted octanol–water partition coefficient (Wildman–Crippen LogP) is 7.07. The first kappa shape index (κ1) is 19.9. The molecule has 0 unspecified atom stereocenters. The SMILES string of the molecule is CCC=CC1CCC(CCCCc2ccc(OC(F)(F)F)cc2)CC1. The van der Waals surface area contributed by atoms with Gasteiger partial charge in [0.1, 0.15) is 5.75 Å². The molecular weight excluding hydrogens is 325 g/mol. The zero-order valence-corrected chi connectivity index (χ0v) is 15.0. The van der Waals surface area contributed by atoms with E-state index in [4.69, 9.17) is 0 Å². The van der Waals surface area contributed by atoms with Crippen molar-refractivity contribution >= 4 is 0 Å². The number of hydrogen-bond acceptors (Lipinski definition) is 1. The molecule has 1 saturated carbocycles. The molecule has 1 nitrogen and oxygen atoms in total. The van der Waals surface area contributed by atoms with Gasteiger partial charge in [-0.2, -0.15) is 0 Å². The molecule has 0 heterocycles. The first-order valence-corrected chi connectivity index (χ1v) is 9.47. The molecule has 2 rings (SSSR count). The van der Waals surface area contributed by atoms with Gasteiger partial charge in [0.2, 0.25) is 0 Å². The standard InChI is InChI=1S/C21H29F3O/c1-2-3-6-17-9-11-18(12-10-17)7-4-5-8-19-13-15-20(16-14-19)25-21(22,23)24/h3,6,13-18H,2,4-5,7-12H2,1H3. The van der Waals surface area contributed by atoms with E-state index in [9.17, 15) is 13.2 Å². The molecule has 0 N–H and O–H groups in total. The number of rotatable bonds is 8. The molecule has 1 aromatic carbocycles. The Labute approximate surface area is 149 Å². The second-order valence-electron chi connectivity index (χ2n) is 7.05. The van der Waals surface area contributed by atoms with Crippen LogP contribution >= 0.6 is 0 Å². The number of unbranched alkanes of at least 4 members (excludes halogenated alkanes) is 1. The Kier molecular flexibility index (Phi) is 7.86. The average molecular weight is 354 g/mol. The van der Waals surface area contributed by atoms with E-state index in [0.29, 0.717) is 0 Å². The largest absolute Gasteiger partial charge is 0.573 e. The lowest BCUT2D eigenvalue weighted by Gasteiger charge is -2.26. The zero-order valence-electron chi connectivity index (χ0n) is 15.0. The van der Waals surface area contributed by atoms with Crippen molar-refractivity contribution in [2.45, 2.75) is 71.1 Å². The van der Waals surface area contributed by atoms with E-state index in [-0.39, 0.29) is 5.75 Å². The van der Waals surface area contributed by atoms with Crippen LogP contribution in [0.5, 0.6) is 5.75 Å². The fraction of sp³-hybridized carbons (Fsp3) is 0.619. The van der Waals surface area contributed by atoms with E-state index in [0.717, 1.165) is 36.7 Å². The Bertz CT molecular complexity index is 511. The molecule has 1 aliphatic carbocycles. The minimum atomic E-state index is -4.62. The van der Waals surface area contributed by atoms with Gasteiger partial charge < -0.3 is 4.74 Å². The first-order valence-electron chi connectivity index (χ1n) is 9.47. The van der Waals surface area contributed by atoms with Crippen LogP contribution in [-0.4, -0.2) is 6.36 Å². The van der Waals surface area contributed by atoms with Crippen molar-refractivity contribution < 1.29 is 17.9 Å². The van der Waals surface area contributed by atoms with E-state index in [2.05, 4.69) is 23.8 Å². The molecule has 1 aliphatic rings. The summed E-state index contributed by atoms with van der Waals surface area (Å²) >= 11 is 0. The minimum Gasteiger partial charge on any atom is -0.406 e. The van der Waals surface area contributed by atoms with Gasteiger partial charge in [-0.25, -0.2) is 0 Å².